The van der Waals surface area contributed by atoms with Gasteiger partial charge in [-0.1, -0.05) is 18.2 Å². The lowest BCUT2D eigenvalue weighted by atomic mass is 10.0. The van der Waals surface area contributed by atoms with Crippen LogP contribution in [0.3, 0.4) is 0 Å². The van der Waals surface area contributed by atoms with Gasteiger partial charge >= 0.3 is 5.97 Å². The van der Waals surface area contributed by atoms with Crippen LogP contribution in [0.1, 0.15) is 34.2 Å². The van der Waals surface area contributed by atoms with Crippen LogP contribution in [0.5, 0.6) is 5.75 Å². The Balaban J connectivity index is 1.83. The zero-order chi connectivity index (χ0) is 18.5. The number of hydrogen-bond donors (Lipinski definition) is 0. The van der Waals surface area contributed by atoms with E-state index in [2.05, 4.69) is 22.6 Å². The molecule has 6 heteroatoms. The van der Waals surface area contributed by atoms with Gasteiger partial charge in [-0.25, -0.2) is 4.79 Å². The molecule has 2 aromatic rings. The Bertz CT molecular complexity index is 798. The molecule has 0 N–H and O–H groups in total. The lowest BCUT2D eigenvalue weighted by Crippen LogP contribution is -2.31. The number of fused-ring (bicyclic) bond motifs is 1. The summed E-state index contributed by atoms with van der Waals surface area (Å²) < 4.78 is 12.4. The summed E-state index contributed by atoms with van der Waals surface area (Å²) >= 11 is 0. The molecule has 26 heavy (non-hydrogen) atoms. The van der Waals surface area contributed by atoms with Crippen LogP contribution in [0.25, 0.3) is 0 Å². The summed E-state index contributed by atoms with van der Waals surface area (Å²) in [6.45, 7) is 8.91. The van der Waals surface area contributed by atoms with Crippen molar-refractivity contribution in [2.45, 2.75) is 33.0 Å². The molecule has 0 aliphatic carbocycles. The van der Waals surface area contributed by atoms with Crippen LogP contribution < -0.4 is 4.74 Å². The van der Waals surface area contributed by atoms with E-state index in [1.807, 2.05) is 22.9 Å². The van der Waals surface area contributed by atoms with E-state index in [0.29, 0.717) is 25.4 Å². The Morgan fingerprint density at radius 1 is 1.42 bits per heavy atom. The predicted molar refractivity (Wildman–Crippen MR) is 99.2 cm³/mol. The van der Waals surface area contributed by atoms with Crippen LogP contribution in [0.4, 0.5) is 0 Å². The highest BCUT2D eigenvalue weighted by Gasteiger charge is 2.28. The maximum Gasteiger partial charge on any atom is 0.359 e. The summed E-state index contributed by atoms with van der Waals surface area (Å²) in [6.07, 6.45) is 2.64. The van der Waals surface area contributed by atoms with Crippen molar-refractivity contribution in [2.75, 3.05) is 20.3 Å². The number of allylic oxidation sites excluding steroid dienone is 1. The Morgan fingerprint density at radius 2 is 2.27 bits per heavy atom. The van der Waals surface area contributed by atoms with Gasteiger partial charge in [0.2, 0.25) is 0 Å². The fraction of sp³-hybridized carbons (Fsp3) is 0.400. The zero-order valence-electron chi connectivity index (χ0n) is 15.4. The van der Waals surface area contributed by atoms with E-state index in [1.165, 1.54) is 5.56 Å². The third kappa shape index (κ3) is 3.80. The molecule has 1 aromatic carbocycles. The molecule has 2 heterocycles. The maximum atomic E-state index is 12.3. The molecule has 138 valence electrons. The van der Waals surface area contributed by atoms with Crippen LogP contribution in [-0.2, 0) is 30.8 Å². The van der Waals surface area contributed by atoms with Crippen molar-refractivity contribution in [3.63, 3.8) is 0 Å². The van der Waals surface area contributed by atoms with E-state index < -0.39 is 0 Å². The molecule has 0 fully saturated rings. The Labute approximate surface area is 154 Å². The van der Waals surface area contributed by atoms with Crippen molar-refractivity contribution in [3.05, 3.63) is 59.4 Å². The lowest BCUT2D eigenvalue weighted by molar-refractivity contribution is 0.0515. The van der Waals surface area contributed by atoms with Gasteiger partial charge in [0.15, 0.2) is 5.69 Å². The third-order valence-electron chi connectivity index (χ3n) is 4.52. The molecular weight excluding hydrogens is 330 g/mol. The van der Waals surface area contributed by atoms with Crippen molar-refractivity contribution in [2.24, 2.45) is 0 Å². The van der Waals surface area contributed by atoms with Gasteiger partial charge in [-0.2, -0.15) is 5.10 Å². The minimum atomic E-state index is -0.352. The first-order valence-corrected chi connectivity index (χ1v) is 8.88. The number of ether oxygens (including phenoxy) is 2. The number of esters is 1. The van der Waals surface area contributed by atoms with Crippen LogP contribution >= 0.6 is 0 Å². The van der Waals surface area contributed by atoms with Gasteiger partial charge in [0.1, 0.15) is 5.75 Å². The number of rotatable bonds is 7. The number of carbonyl (C=O) groups excluding carboxylic acids is 1. The molecule has 0 unspecified atom stereocenters. The van der Waals surface area contributed by atoms with Gasteiger partial charge < -0.3 is 9.47 Å². The zero-order valence-corrected chi connectivity index (χ0v) is 15.4. The second-order valence-corrected chi connectivity index (χ2v) is 6.28. The fourth-order valence-corrected chi connectivity index (χ4v) is 3.35. The molecule has 3 rings (SSSR count). The van der Waals surface area contributed by atoms with E-state index in [1.54, 1.807) is 20.1 Å². The summed E-state index contributed by atoms with van der Waals surface area (Å²) in [6, 6.07) is 8.07. The first kappa shape index (κ1) is 18.2. The molecule has 0 saturated carbocycles. The third-order valence-corrected chi connectivity index (χ3v) is 4.52. The van der Waals surface area contributed by atoms with Gasteiger partial charge in [0, 0.05) is 37.3 Å². The number of benzene rings is 1. The average Bonchev–Trinajstić information content (AvgIpc) is 3.00. The molecule has 1 aromatic heterocycles. The molecule has 0 radical (unpaired) electrons. The largest absolute Gasteiger partial charge is 0.497 e. The van der Waals surface area contributed by atoms with Gasteiger partial charge in [-0.05, 0) is 24.6 Å². The van der Waals surface area contributed by atoms with Crippen LogP contribution in [-0.4, -0.2) is 40.9 Å². The number of methoxy groups -OCH3 is 1. The summed E-state index contributed by atoms with van der Waals surface area (Å²) in [5, 5.41) is 4.49. The number of hydrogen-bond acceptors (Lipinski definition) is 5. The van der Waals surface area contributed by atoms with Crippen LogP contribution in [0, 0.1) is 0 Å². The first-order chi connectivity index (χ1) is 12.7. The highest BCUT2D eigenvalue weighted by atomic mass is 16.5. The van der Waals surface area contributed by atoms with Crippen molar-refractivity contribution in [1.82, 2.24) is 14.7 Å². The number of aromatic nitrogens is 2. The average molecular weight is 355 g/mol. The quantitative estimate of drug-likeness (QED) is 0.565. The number of carbonyl (C=O) groups is 1. The summed E-state index contributed by atoms with van der Waals surface area (Å²) in [4.78, 5) is 14.6. The molecule has 6 nitrogen and oxygen atoms in total. The topological polar surface area (TPSA) is 56.6 Å². The maximum absolute atomic E-state index is 12.3. The summed E-state index contributed by atoms with van der Waals surface area (Å²) in [5.41, 5.74) is 3.69. The molecule has 0 saturated heterocycles. The van der Waals surface area contributed by atoms with E-state index in [4.69, 9.17) is 9.47 Å². The van der Waals surface area contributed by atoms with Crippen molar-refractivity contribution >= 4 is 5.97 Å². The molecule has 0 amide bonds. The SMILES string of the molecule is C=CCn1nc(C(=O)OCC)c2c1CCN(Cc1cccc(OC)c1)C2. The highest BCUT2D eigenvalue weighted by Crippen LogP contribution is 2.25. The molecule has 0 bridgehead atoms. The van der Waals surface area contributed by atoms with Gasteiger partial charge in [0.05, 0.1) is 20.3 Å². The first-order valence-electron chi connectivity index (χ1n) is 8.88. The van der Waals surface area contributed by atoms with E-state index in [9.17, 15) is 4.79 Å². The Hall–Kier alpha value is -2.60. The van der Waals surface area contributed by atoms with Gasteiger partial charge in [0.25, 0.3) is 0 Å². The van der Waals surface area contributed by atoms with Crippen LogP contribution in [0.15, 0.2) is 36.9 Å². The Kier molecular flexibility index (Phi) is 5.73. The van der Waals surface area contributed by atoms with Crippen LogP contribution in [0.2, 0.25) is 0 Å². The minimum Gasteiger partial charge on any atom is -0.497 e. The molecule has 1 aliphatic rings. The number of nitrogens with zero attached hydrogens (tertiary/aromatic N) is 3. The van der Waals surface area contributed by atoms with Crippen molar-refractivity contribution in [3.8, 4) is 5.75 Å². The molecular formula is C20H25N3O3. The molecule has 0 spiro atoms. The van der Waals surface area contributed by atoms with Crippen molar-refractivity contribution in [1.29, 1.82) is 0 Å². The normalized spacial score (nSPS) is 13.9. The van der Waals surface area contributed by atoms with Gasteiger partial charge in [-0.15, -0.1) is 6.58 Å². The molecule has 1 aliphatic heterocycles. The molecule has 0 atom stereocenters. The second kappa shape index (κ2) is 8.19. The lowest BCUT2D eigenvalue weighted by Gasteiger charge is -2.27. The van der Waals surface area contributed by atoms with Gasteiger partial charge in [-0.3, -0.25) is 9.58 Å². The summed E-state index contributed by atoms with van der Waals surface area (Å²) in [5.74, 6) is 0.501. The standard InChI is InChI=1S/C20H25N3O3/c1-4-10-23-18-9-11-22(13-15-7-6-8-16(12-15)25-3)14-17(18)19(21-23)20(24)26-5-2/h4,6-8,12H,1,5,9-11,13-14H2,2-3H3. The smallest absolute Gasteiger partial charge is 0.359 e. The fourth-order valence-electron chi connectivity index (χ4n) is 3.35. The van der Waals surface area contributed by atoms with Crippen molar-refractivity contribution < 1.29 is 14.3 Å². The minimum absolute atomic E-state index is 0.343. The summed E-state index contributed by atoms with van der Waals surface area (Å²) in [7, 11) is 1.67. The van der Waals surface area contributed by atoms with E-state index in [0.717, 1.165) is 36.5 Å². The monoisotopic (exact) mass is 355 g/mol. The van der Waals surface area contributed by atoms with E-state index >= 15 is 0 Å². The van der Waals surface area contributed by atoms with E-state index in [-0.39, 0.29) is 5.97 Å². The predicted octanol–water partition coefficient (Wildman–Crippen LogP) is 2.81. The Morgan fingerprint density at radius 3 is 3.00 bits per heavy atom. The second-order valence-electron chi connectivity index (χ2n) is 6.28. The highest BCUT2D eigenvalue weighted by molar-refractivity contribution is 5.89.